The quantitative estimate of drug-likeness (QED) is 0.550. The van der Waals surface area contributed by atoms with Crippen molar-refractivity contribution in [2.45, 2.75) is 46.2 Å². The highest BCUT2D eigenvalue weighted by Crippen LogP contribution is 2.45. The zero-order valence-electron chi connectivity index (χ0n) is 16.8. The number of nitrogens with zero attached hydrogens (tertiary/aromatic N) is 1. The molecule has 2 N–H and O–H groups in total. The molecule has 1 aromatic carbocycles. The van der Waals surface area contributed by atoms with Crippen molar-refractivity contribution in [3.05, 3.63) is 62.0 Å². The summed E-state index contributed by atoms with van der Waals surface area (Å²) in [5.74, 6) is 0.611. The number of thiophene rings is 1. The predicted molar refractivity (Wildman–Crippen MR) is 116 cm³/mol. The van der Waals surface area contributed by atoms with Crippen molar-refractivity contribution >= 4 is 34.0 Å². The van der Waals surface area contributed by atoms with Gasteiger partial charge in [-0.15, -0.1) is 11.3 Å². The Morgan fingerprint density at radius 1 is 1.21 bits per heavy atom. The van der Waals surface area contributed by atoms with E-state index in [2.05, 4.69) is 31.4 Å². The maximum absolute atomic E-state index is 12.8. The summed E-state index contributed by atoms with van der Waals surface area (Å²) in [6.45, 7) is 6.88. The minimum Gasteiger partial charge on any atom is -0.353 e. The average Bonchev–Trinajstić information content (AvgIpc) is 3.04. The number of amides is 1. The molecule has 2 atom stereocenters. The highest BCUT2D eigenvalue weighted by Gasteiger charge is 2.35. The van der Waals surface area contributed by atoms with E-state index in [1.165, 1.54) is 22.6 Å². The van der Waals surface area contributed by atoms with E-state index in [9.17, 15) is 14.9 Å². The van der Waals surface area contributed by atoms with Crippen molar-refractivity contribution in [3.63, 3.8) is 0 Å². The summed E-state index contributed by atoms with van der Waals surface area (Å²) in [6, 6.07) is 6.34. The fraction of sp³-hybridized carbons (Fsp3) is 0.409. The summed E-state index contributed by atoms with van der Waals surface area (Å²) in [5.41, 5.74) is 3.21. The molecule has 7 heteroatoms. The van der Waals surface area contributed by atoms with Crippen molar-refractivity contribution in [1.29, 1.82) is 0 Å². The van der Waals surface area contributed by atoms with Gasteiger partial charge in [-0.25, -0.2) is 0 Å². The van der Waals surface area contributed by atoms with E-state index in [1.807, 2.05) is 12.2 Å². The van der Waals surface area contributed by atoms with Crippen LogP contribution in [-0.4, -0.2) is 17.0 Å². The van der Waals surface area contributed by atoms with Gasteiger partial charge in [-0.2, -0.15) is 0 Å². The van der Waals surface area contributed by atoms with Gasteiger partial charge in [-0.1, -0.05) is 26.8 Å². The number of fused-ring (bicyclic) bond motifs is 3. The third-order valence-electron chi connectivity index (χ3n) is 5.88. The van der Waals surface area contributed by atoms with Gasteiger partial charge in [0.15, 0.2) is 0 Å². The molecule has 152 valence electrons. The van der Waals surface area contributed by atoms with Crippen molar-refractivity contribution in [2.75, 3.05) is 5.32 Å². The van der Waals surface area contributed by atoms with Crippen LogP contribution in [0.15, 0.2) is 30.3 Å². The smallest absolute Gasteiger partial charge is 0.269 e. The number of nitro benzene ring substituents is 1. The second-order valence-corrected chi connectivity index (χ2v) is 9.92. The largest absolute Gasteiger partial charge is 0.353 e. The molecule has 1 aliphatic carbocycles. The van der Waals surface area contributed by atoms with E-state index in [0.29, 0.717) is 5.92 Å². The lowest BCUT2D eigenvalue weighted by molar-refractivity contribution is -0.384. The lowest BCUT2D eigenvalue weighted by Crippen LogP contribution is -2.43. The van der Waals surface area contributed by atoms with Gasteiger partial charge in [-0.3, -0.25) is 14.9 Å². The van der Waals surface area contributed by atoms with Crippen LogP contribution in [0.2, 0.25) is 0 Å². The zero-order chi connectivity index (χ0) is 20.8. The van der Waals surface area contributed by atoms with Gasteiger partial charge in [0.2, 0.25) is 0 Å². The highest BCUT2D eigenvalue weighted by molar-refractivity contribution is 7.16. The van der Waals surface area contributed by atoms with Crippen LogP contribution in [-0.2, 0) is 12.8 Å². The van der Waals surface area contributed by atoms with Crippen LogP contribution in [0, 0.1) is 21.4 Å². The van der Waals surface area contributed by atoms with Crippen LogP contribution in [0.5, 0.6) is 0 Å². The zero-order valence-corrected chi connectivity index (χ0v) is 17.6. The fourth-order valence-corrected chi connectivity index (χ4v) is 5.43. The molecule has 1 amide bonds. The van der Waals surface area contributed by atoms with Gasteiger partial charge in [0.1, 0.15) is 11.2 Å². The lowest BCUT2D eigenvalue weighted by atomic mass is 9.72. The van der Waals surface area contributed by atoms with Crippen LogP contribution in [0.3, 0.4) is 0 Å². The van der Waals surface area contributed by atoms with Gasteiger partial charge in [0.25, 0.3) is 11.6 Å². The molecule has 0 fully saturated rings. The first-order valence-electron chi connectivity index (χ1n) is 9.87. The molecule has 6 nitrogen and oxygen atoms in total. The molecule has 0 bridgehead atoms. The predicted octanol–water partition coefficient (Wildman–Crippen LogP) is 5.00. The van der Waals surface area contributed by atoms with E-state index in [0.717, 1.165) is 35.4 Å². The Labute approximate surface area is 174 Å². The number of non-ortho nitro benzene ring substituents is 1. The van der Waals surface area contributed by atoms with Gasteiger partial charge < -0.3 is 10.6 Å². The number of rotatable bonds is 3. The van der Waals surface area contributed by atoms with Crippen molar-refractivity contribution in [1.82, 2.24) is 5.32 Å². The normalized spacial score (nSPS) is 21.3. The van der Waals surface area contributed by atoms with Gasteiger partial charge in [-0.05, 0) is 59.9 Å². The number of anilines is 1. The lowest BCUT2D eigenvalue weighted by Gasteiger charge is -2.34. The molecule has 2 aliphatic rings. The number of carbonyl (C=O) groups excluding carboxylic acids is 1. The third-order valence-corrected chi connectivity index (χ3v) is 7.06. The van der Waals surface area contributed by atoms with Gasteiger partial charge in [0.05, 0.1) is 10.5 Å². The number of nitrogens with one attached hydrogen (secondary N) is 2. The molecule has 1 aromatic heterocycles. The first-order chi connectivity index (χ1) is 13.7. The Bertz CT molecular complexity index is 986. The number of hydrogen-bond donors (Lipinski definition) is 2. The van der Waals surface area contributed by atoms with E-state index in [1.54, 1.807) is 23.5 Å². The summed E-state index contributed by atoms with van der Waals surface area (Å²) in [5, 5.41) is 18.2. The van der Waals surface area contributed by atoms with Crippen LogP contribution < -0.4 is 10.6 Å². The molecule has 29 heavy (non-hydrogen) atoms. The van der Waals surface area contributed by atoms with Crippen LogP contribution >= 0.6 is 11.3 Å². The summed E-state index contributed by atoms with van der Waals surface area (Å²) in [6.07, 6.45) is 6.55. The summed E-state index contributed by atoms with van der Waals surface area (Å²) >= 11 is 1.71. The van der Waals surface area contributed by atoms with E-state index in [4.69, 9.17) is 0 Å². The van der Waals surface area contributed by atoms with Crippen LogP contribution in [0.25, 0.3) is 6.08 Å². The topological polar surface area (TPSA) is 84.3 Å². The molecule has 2 heterocycles. The Morgan fingerprint density at radius 2 is 1.93 bits per heavy atom. The number of hydrogen-bond acceptors (Lipinski definition) is 5. The first kappa shape index (κ1) is 19.6. The van der Waals surface area contributed by atoms with E-state index >= 15 is 0 Å². The summed E-state index contributed by atoms with van der Waals surface area (Å²) in [7, 11) is 0. The van der Waals surface area contributed by atoms with E-state index < -0.39 is 4.92 Å². The molecule has 4 rings (SSSR count). The molecule has 0 radical (unpaired) electrons. The Morgan fingerprint density at radius 3 is 2.59 bits per heavy atom. The maximum Gasteiger partial charge on any atom is 0.269 e. The molecule has 0 saturated carbocycles. The minimum absolute atomic E-state index is 0.0243. The minimum atomic E-state index is -0.416. The van der Waals surface area contributed by atoms with Crippen molar-refractivity contribution in [2.24, 2.45) is 11.3 Å². The first-order valence-corrected chi connectivity index (χ1v) is 10.7. The van der Waals surface area contributed by atoms with Crippen LogP contribution in [0.1, 0.15) is 53.6 Å². The number of carbonyl (C=O) groups is 1. The monoisotopic (exact) mass is 411 g/mol. The number of nitro groups is 1. The SMILES string of the molecule is CC(C)(C)C1CCc2c(sc3c2C(=O)NC(C=Cc2ccc([N+](=O)[O-])cc2)N3)C1. The fourth-order valence-electron chi connectivity index (χ4n) is 4.07. The summed E-state index contributed by atoms with van der Waals surface area (Å²) in [4.78, 5) is 24.5. The second kappa shape index (κ2) is 7.30. The Hall–Kier alpha value is -2.67. The average molecular weight is 412 g/mol. The molecule has 0 spiro atoms. The molecule has 2 aromatic rings. The standard InChI is InChI=1S/C22H25N3O3S/c1-22(2,3)14-7-10-16-17(12-14)29-21-19(16)20(26)23-18(24-21)11-6-13-4-8-15(9-5-13)25(27)28/h4-6,8-9,11,14,18,24H,7,10,12H2,1-3H3,(H,23,26). The van der Waals surface area contributed by atoms with Crippen LogP contribution in [0.4, 0.5) is 10.7 Å². The van der Waals surface area contributed by atoms with Gasteiger partial charge in [0, 0.05) is 17.0 Å². The highest BCUT2D eigenvalue weighted by atomic mass is 32.1. The molecule has 1 aliphatic heterocycles. The molecular weight excluding hydrogens is 386 g/mol. The molecule has 2 unspecified atom stereocenters. The van der Waals surface area contributed by atoms with Crippen molar-refractivity contribution < 1.29 is 9.72 Å². The second-order valence-electron chi connectivity index (χ2n) is 8.82. The molecule has 0 saturated heterocycles. The maximum atomic E-state index is 12.8. The Balaban J connectivity index is 1.51. The van der Waals surface area contributed by atoms with Gasteiger partial charge >= 0.3 is 0 Å². The van der Waals surface area contributed by atoms with E-state index in [-0.39, 0.29) is 23.2 Å². The Kier molecular flexibility index (Phi) is 4.94. The van der Waals surface area contributed by atoms with Crippen molar-refractivity contribution in [3.8, 4) is 0 Å². The third kappa shape index (κ3) is 3.92. The summed E-state index contributed by atoms with van der Waals surface area (Å²) < 4.78 is 0. The molecular formula is C22H25N3O3S. The number of benzene rings is 1.